The van der Waals surface area contributed by atoms with E-state index in [1.165, 1.54) is 135 Å². The molecular weight excluding hydrogens is 1020 g/mol. The third-order valence-electron chi connectivity index (χ3n) is 14.6. The fourth-order valence-corrected chi connectivity index (χ4v) is 9.43. The predicted molar refractivity (Wildman–Crippen MR) is 362 cm³/mol. The quantitative estimate of drug-likeness (QED) is 0.0261. The van der Waals surface area contributed by atoms with E-state index in [2.05, 4.69) is 154 Å². The SMILES string of the molecule is CC/C=C\C/C=C\C/C=C\C/C=C\C/C=C\C/C=C\C/C=C\C/C=C\CCCCC(=O)OCC(COC(=O)CCCCCCC/C=C\C/C=C\CCC)OC(=O)CCCCCCCCCCCCCCC/C=C\CCCCCCCCCC. The molecule has 6 heteroatoms. The van der Waals surface area contributed by atoms with Crippen molar-refractivity contribution in [1.29, 1.82) is 0 Å². The van der Waals surface area contributed by atoms with Gasteiger partial charge in [0.25, 0.3) is 0 Å². The van der Waals surface area contributed by atoms with Crippen LogP contribution in [0.4, 0.5) is 0 Å². The van der Waals surface area contributed by atoms with E-state index in [-0.39, 0.29) is 31.1 Å². The van der Waals surface area contributed by atoms with Crippen LogP contribution in [0.1, 0.15) is 316 Å². The minimum Gasteiger partial charge on any atom is -0.462 e. The molecule has 0 rings (SSSR count). The van der Waals surface area contributed by atoms with Crippen molar-refractivity contribution in [2.24, 2.45) is 0 Å². The summed E-state index contributed by atoms with van der Waals surface area (Å²) < 4.78 is 16.9. The lowest BCUT2D eigenvalue weighted by Gasteiger charge is -2.18. The molecule has 0 aromatic rings. The summed E-state index contributed by atoms with van der Waals surface area (Å²) >= 11 is 0. The number of ether oxygens (including phenoxy) is 3. The van der Waals surface area contributed by atoms with E-state index in [9.17, 15) is 14.4 Å². The number of hydrogen-bond donors (Lipinski definition) is 0. The third kappa shape index (κ3) is 68.2. The average Bonchev–Trinajstić information content (AvgIpc) is 3.49. The van der Waals surface area contributed by atoms with E-state index in [1.807, 2.05) is 0 Å². The Morgan fingerprint density at radius 1 is 0.253 bits per heavy atom. The fourth-order valence-electron chi connectivity index (χ4n) is 9.43. The minimum atomic E-state index is -0.808. The Labute approximate surface area is 513 Å². The average molecular weight is 1150 g/mol. The van der Waals surface area contributed by atoms with Crippen molar-refractivity contribution in [3.63, 3.8) is 0 Å². The monoisotopic (exact) mass is 1150 g/mol. The summed E-state index contributed by atoms with van der Waals surface area (Å²) in [7, 11) is 0. The van der Waals surface area contributed by atoms with Gasteiger partial charge in [-0.2, -0.15) is 0 Å². The molecule has 472 valence electrons. The summed E-state index contributed by atoms with van der Waals surface area (Å²) in [5, 5.41) is 0. The predicted octanol–water partition coefficient (Wildman–Crippen LogP) is 24.1. The number of allylic oxidation sites excluding steroid dienone is 22. The van der Waals surface area contributed by atoms with Crippen LogP contribution in [0, 0.1) is 0 Å². The zero-order valence-corrected chi connectivity index (χ0v) is 54.2. The van der Waals surface area contributed by atoms with Gasteiger partial charge >= 0.3 is 17.9 Å². The second-order valence-corrected chi connectivity index (χ2v) is 22.7. The molecule has 0 aromatic carbocycles. The van der Waals surface area contributed by atoms with E-state index < -0.39 is 6.10 Å². The highest BCUT2D eigenvalue weighted by molar-refractivity contribution is 5.71. The van der Waals surface area contributed by atoms with E-state index in [0.29, 0.717) is 25.7 Å². The molecule has 0 aliphatic rings. The van der Waals surface area contributed by atoms with Crippen LogP contribution < -0.4 is 0 Å². The molecule has 0 aliphatic carbocycles. The maximum absolute atomic E-state index is 13.0. The highest BCUT2D eigenvalue weighted by Crippen LogP contribution is 2.16. The standard InChI is InChI=1S/C77H128O6/c1-4-7-10-13-16-19-22-25-27-29-31-33-35-37-38-40-41-43-45-47-49-52-55-58-61-64-67-70-76(79)82-73-74(72-81-75(78)69-66-63-60-57-54-51-24-21-18-15-12-9-6-3)83-77(80)71-68-65-62-59-56-53-50-48-46-44-42-39-36-34-32-30-28-26-23-20-17-14-11-8-5-2/h7,10,12,15-16,19,21,24-25,27,30-33,37-38,41,43,47,49,55,58,74H,4-6,8-9,11,13-14,17-18,20,22-23,26,28-29,34-36,39-40,42,44-46,48,50-54,56-57,59-73H2,1-3H3/b10-7-,15-12-,19-16-,24-21-,27-25-,32-30-,33-31-,38-37-,43-41-,49-47-,58-55-. The van der Waals surface area contributed by atoms with Gasteiger partial charge in [-0.1, -0.05) is 296 Å². The number of hydrogen-bond acceptors (Lipinski definition) is 6. The van der Waals surface area contributed by atoms with Gasteiger partial charge in [0, 0.05) is 19.3 Å². The summed E-state index contributed by atoms with van der Waals surface area (Å²) in [4.78, 5) is 38.4. The molecule has 0 saturated carbocycles. The van der Waals surface area contributed by atoms with Gasteiger partial charge < -0.3 is 14.2 Å². The van der Waals surface area contributed by atoms with E-state index in [1.54, 1.807) is 0 Å². The molecule has 1 atom stereocenters. The second kappa shape index (κ2) is 70.0. The van der Waals surface area contributed by atoms with Gasteiger partial charge in [0.1, 0.15) is 13.2 Å². The van der Waals surface area contributed by atoms with Crippen molar-refractivity contribution in [2.45, 2.75) is 322 Å². The second-order valence-electron chi connectivity index (χ2n) is 22.7. The maximum Gasteiger partial charge on any atom is 0.306 e. The number of carbonyl (C=O) groups is 3. The van der Waals surface area contributed by atoms with Crippen molar-refractivity contribution in [1.82, 2.24) is 0 Å². The summed E-state index contributed by atoms with van der Waals surface area (Å²) in [6.07, 6.45) is 99.1. The summed E-state index contributed by atoms with van der Waals surface area (Å²) in [6.45, 7) is 6.43. The lowest BCUT2D eigenvalue weighted by Crippen LogP contribution is -2.30. The van der Waals surface area contributed by atoms with Crippen LogP contribution in [0.15, 0.2) is 134 Å². The highest BCUT2D eigenvalue weighted by Gasteiger charge is 2.19. The Morgan fingerprint density at radius 3 is 0.819 bits per heavy atom. The molecule has 0 heterocycles. The summed E-state index contributed by atoms with van der Waals surface area (Å²) in [5.74, 6) is -0.954. The van der Waals surface area contributed by atoms with Gasteiger partial charge in [0.05, 0.1) is 0 Å². The molecule has 0 aromatic heterocycles. The first-order valence-electron chi connectivity index (χ1n) is 34.7. The third-order valence-corrected chi connectivity index (χ3v) is 14.6. The van der Waals surface area contributed by atoms with Crippen LogP contribution in [0.2, 0.25) is 0 Å². The number of rotatable bonds is 62. The molecule has 6 nitrogen and oxygen atoms in total. The number of unbranched alkanes of at least 4 members (excludes halogenated alkanes) is 29. The van der Waals surface area contributed by atoms with Gasteiger partial charge in [-0.3, -0.25) is 14.4 Å². The van der Waals surface area contributed by atoms with Crippen LogP contribution >= 0.6 is 0 Å². The van der Waals surface area contributed by atoms with Crippen molar-refractivity contribution in [3.8, 4) is 0 Å². The van der Waals surface area contributed by atoms with E-state index in [4.69, 9.17) is 14.2 Å². The molecule has 83 heavy (non-hydrogen) atoms. The van der Waals surface area contributed by atoms with Crippen molar-refractivity contribution >= 4 is 17.9 Å². The minimum absolute atomic E-state index is 0.102. The Balaban J connectivity index is 4.40. The molecular formula is C77H128O6. The number of carbonyl (C=O) groups excluding carboxylic acids is 3. The first-order chi connectivity index (χ1) is 41.0. The van der Waals surface area contributed by atoms with E-state index in [0.717, 1.165) is 135 Å². The molecule has 1 unspecified atom stereocenters. The van der Waals surface area contributed by atoms with Gasteiger partial charge in [-0.25, -0.2) is 0 Å². The summed E-state index contributed by atoms with van der Waals surface area (Å²) in [5.41, 5.74) is 0. The first kappa shape index (κ1) is 78.5. The molecule has 0 fully saturated rings. The van der Waals surface area contributed by atoms with Crippen LogP contribution in [-0.4, -0.2) is 37.2 Å². The van der Waals surface area contributed by atoms with Crippen LogP contribution in [0.3, 0.4) is 0 Å². The van der Waals surface area contributed by atoms with Gasteiger partial charge in [-0.05, 0) is 135 Å². The first-order valence-corrected chi connectivity index (χ1v) is 34.7. The molecule has 0 radical (unpaired) electrons. The topological polar surface area (TPSA) is 78.9 Å². The Bertz CT molecular complexity index is 1750. The van der Waals surface area contributed by atoms with Crippen LogP contribution in [-0.2, 0) is 28.6 Å². The van der Waals surface area contributed by atoms with Crippen molar-refractivity contribution in [3.05, 3.63) is 134 Å². The van der Waals surface area contributed by atoms with Crippen molar-refractivity contribution in [2.75, 3.05) is 13.2 Å². The zero-order valence-electron chi connectivity index (χ0n) is 54.2. The normalized spacial score (nSPS) is 13.0. The lowest BCUT2D eigenvalue weighted by atomic mass is 10.0. The molecule has 0 saturated heterocycles. The molecule has 0 amide bonds. The van der Waals surface area contributed by atoms with Crippen molar-refractivity contribution < 1.29 is 28.6 Å². The molecule has 0 aliphatic heterocycles. The van der Waals surface area contributed by atoms with Gasteiger partial charge in [-0.15, -0.1) is 0 Å². The highest BCUT2D eigenvalue weighted by atomic mass is 16.6. The van der Waals surface area contributed by atoms with Gasteiger partial charge in [0.15, 0.2) is 6.10 Å². The zero-order chi connectivity index (χ0) is 59.9. The fraction of sp³-hybridized carbons (Fsp3) is 0.675. The maximum atomic E-state index is 13.0. The van der Waals surface area contributed by atoms with Gasteiger partial charge in [0.2, 0.25) is 0 Å². The lowest BCUT2D eigenvalue weighted by molar-refractivity contribution is -0.167. The number of esters is 3. The summed E-state index contributed by atoms with van der Waals surface area (Å²) in [6, 6.07) is 0. The largest absolute Gasteiger partial charge is 0.462 e. The molecule has 0 N–H and O–H groups in total. The Morgan fingerprint density at radius 2 is 0.494 bits per heavy atom. The molecule has 0 bridgehead atoms. The Hall–Kier alpha value is -4.45. The smallest absolute Gasteiger partial charge is 0.306 e. The molecule has 0 spiro atoms. The van der Waals surface area contributed by atoms with Crippen LogP contribution in [0.5, 0.6) is 0 Å². The van der Waals surface area contributed by atoms with E-state index >= 15 is 0 Å². The van der Waals surface area contributed by atoms with Crippen LogP contribution in [0.25, 0.3) is 0 Å². The Kier molecular flexibility index (Phi) is 66.3.